The molecule has 0 saturated carbocycles. The van der Waals surface area contributed by atoms with E-state index in [-0.39, 0.29) is 32.2 Å². The molecule has 1 aliphatic rings. The number of ketones is 1. The summed E-state index contributed by atoms with van der Waals surface area (Å²) < 4.78 is 45.1. The van der Waals surface area contributed by atoms with Gasteiger partial charge in [-0.2, -0.15) is 0 Å². The summed E-state index contributed by atoms with van der Waals surface area (Å²) in [5.41, 5.74) is -0.232. The SMILES string of the molecule is O=C(COC(=O)c1ccc2c(c1)S(=O)(=O)c1ccccc1C2=O)Nc1ccc(Br)cc1F. The normalized spacial score (nSPS) is 13.6. The van der Waals surface area contributed by atoms with E-state index >= 15 is 0 Å². The number of carbonyl (C=O) groups is 3. The molecule has 0 radical (unpaired) electrons. The highest BCUT2D eigenvalue weighted by Gasteiger charge is 2.35. The van der Waals surface area contributed by atoms with Gasteiger partial charge in [0.25, 0.3) is 5.91 Å². The first-order valence-corrected chi connectivity index (χ1v) is 11.4. The molecule has 0 atom stereocenters. The van der Waals surface area contributed by atoms with Gasteiger partial charge in [-0.1, -0.05) is 28.1 Å². The van der Waals surface area contributed by atoms with Gasteiger partial charge in [0.15, 0.2) is 12.4 Å². The molecule has 162 valence electrons. The first kappa shape index (κ1) is 21.8. The average molecular weight is 518 g/mol. The predicted octanol–water partition coefficient (Wildman–Crippen LogP) is 3.76. The molecule has 1 aliphatic heterocycles. The van der Waals surface area contributed by atoms with Crippen molar-refractivity contribution >= 4 is 49.1 Å². The minimum Gasteiger partial charge on any atom is -0.452 e. The molecule has 0 saturated heterocycles. The van der Waals surface area contributed by atoms with Crippen LogP contribution in [0.1, 0.15) is 26.3 Å². The first-order chi connectivity index (χ1) is 15.2. The molecule has 1 heterocycles. The number of hydrogen-bond acceptors (Lipinski definition) is 6. The largest absolute Gasteiger partial charge is 0.452 e. The summed E-state index contributed by atoms with van der Waals surface area (Å²) in [6.07, 6.45) is 0. The lowest BCUT2D eigenvalue weighted by Gasteiger charge is -2.19. The number of rotatable bonds is 4. The number of hydrogen-bond donors (Lipinski definition) is 1. The molecule has 0 aromatic heterocycles. The lowest BCUT2D eigenvalue weighted by Crippen LogP contribution is -2.23. The maximum absolute atomic E-state index is 13.8. The van der Waals surface area contributed by atoms with Crippen LogP contribution in [-0.4, -0.2) is 32.7 Å². The number of amides is 1. The summed E-state index contributed by atoms with van der Waals surface area (Å²) >= 11 is 3.10. The van der Waals surface area contributed by atoms with Gasteiger partial charge < -0.3 is 10.1 Å². The third kappa shape index (κ3) is 3.94. The van der Waals surface area contributed by atoms with Crippen LogP contribution in [0.4, 0.5) is 10.1 Å². The van der Waals surface area contributed by atoms with Crippen LogP contribution in [0.25, 0.3) is 0 Å². The Hall–Kier alpha value is -3.37. The van der Waals surface area contributed by atoms with Crippen molar-refractivity contribution in [3.8, 4) is 0 Å². The standard InChI is InChI=1S/C22H13BrFNO6S/c23-13-6-8-17(16(24)10-13)25-20(26)11-31-22(28)12-5-7-15-19(9-12)32(29,30)18-4-2-1-3-14(18)21(15)27/h1-10H,11H2,(H,25,26). The van der Waals surface area contributed by atoms with Crippen LogP contribution in [0.15, 0.2) is 74.9 Å². The van der Waals surface area contributed by atoms with Crippen molar-refractivity contribution in [2.45, 2.75) is 9.79 Å². The van der Waals surface area contributed by atoms with Crippen LogP contribution in [0.5, 0.6) is 0 Å². The van der Waals surface area contributed by atoms with E-state index in [0.717, 1.165) is 12.1 Å². The fourth-order valence-electron chi connectivity index (χ4n) is 3.20. The van der Waals surface area contributed by atoms with E-state index in [1.54, 1.807) is 6.07 Å². The molecule has 1 N–H and O–H groups in total. The van der Waals surface area contributed by atoms with Gasteiger partial charge in [0.1, 0.15) is 5.82 Å². The summed E-state index contributed by atoms with van der Waals surface area (Å²) in [4.78, 5) is 36.6. The molecule has 0 aliphatic carbocycles. The molecule has 0 spiro atoms. The number of halogens is 2. The summed E-state index contributed by atoms with van der Waals surface area (Å²) in [5.74, 6) is -2.90. The van der Waals surface area contributed by atoms with E-state index < -0.39 is 39.9 Å². The zero-order chi connectivity index (χ0) is 23.0. The molecule has 10 heteroatoms. The van der Waals surface area contributed by atoms with Crippen molar-refractivity contribution in [1.29, 1.82) is 0 Å². The molecule has 7 nitrogen and oxygen atoms in total. The maximum atomic E-state index is 13.8. The highest BCUT2D eigenvalue weighted by atomic mass is 79.9. The highest BCUT2D eigenvalue weighted by Crippen LogP contribution is 2.34. The Kier molecular flexibility index (Phi) is 5.66. The van der Waals surface area contributed by atoms with Crippen molar-refractivity contribution < 1.29 is 31.9 Å². The van der Waals surface area contributed by atoms with Gasteiger partial charge in [0.05, 0.1) is 21.0 Å². The van der Waals surface area contributed by atoms with E-state index in [2.05, 4.69) is 21.2 Å². The molecule has 3 aromatic carbocycles. The van der Waals surface area contributed by atoms with Gasteiger partial charge >= 0.3 is 5.97 Å². The van der Waals surface area contributed by atoms with Gasteiger partial charge in [0.2, 0.25) is 9.84 Å². The smallest absolute Gasteiger partial charge is 0.338 e. The molecule has 0 fully saturated rings. The maximum Gasteiger partial charge on any atom is 0.338 e. The van der Waals surface area contributed by atoms with E-state index in [4.69, 9.17) is 4.74 Å². The molecule has 3 aromatic rings. The number of carbonyl (C=O) groups excluding carboxylic acids is 3. The van der Waals surface area contributed by atoms with Crippen molar-refractivity contribution in [2.75, 3.05) is 11.9 Å². The van der Waals surface area contributed by atoms with E-state index in [1.807, 2.05) is 0 Å². The van der Waals surface area contributed by atoms with E-state index in [0.29, 0.717) is 4.47 Å². The van der Waals surface area contributed by atoms with Gasteiger partial charge in [-0.25, -0.2) is 17.6 Å². The Bertz CT molecular complexity index is 1400. The third-order valence-corrected chi connectivity index (χ3v) is 7.06. The fourth-order valence-corrected chi connectivity index (χ4v) is 5.21. The van der Waals surface area contributed by atoms with Crippen molar-refractivity contribution in [2.24, 2.45) is 0 Å². The third-order valence-electron chi connectivity index (χ3n) is 4.71. The number of fused-ring (bicyclic) bond motifs is 2. The predicted molar refractivity (Wildman–Crippen MR) is 115 cm³/mol. The van der Waals surface area contributed by atoms with Crippen LogP contribution >= 0.6 is 15.9 Å². The van der Waals surface area contributed by atoms with Crippen LogP contribution < -0.4 is 5.32 Å². The number of anilines is 1. The highest BCUT2D eigenvalue weighted by molar-refractivity contribution is 9.10. The second-order valence-electron chi connectivity index (χ2n) is 6.79. The van der Waals surface area contributed by atoms with Crippen molar-refractivity contribution in [3.05, 3.63) is 87.6 Å². The number of ether oxygens (including phenoxy) is 1. The lowest BCUT2D eigenvalue weighted by molar-refractivity contribution is -0.119. The van der Waals surface area contributed by atoms with Gasteiger partial charge in [-0.15, -0.1) is 0 Å². The Morgan fingerprint density at radius 2 is 1.69 bits per heavy atom. The van der Waals surface area contributed by atoms with Gasteiger partial charge in [0, 0.05) is 15.6 Å². The van der Waals surface area contributed by atoms with Crippen molar-refractivity contribution in [1.82, 2.24) is 0 Å². The fraction of sp³-hybridized carbons (Fsp3) is 0.0455. The van der Waals surface area contributed by atoms with E-state index in [1.165, 1.54) is 42.5 Å². The van der Waals surface area contributed by atoms with Crippen LogP contribution in [0.2, 0.25) is 0 Å². The summed E-state index contributed by atoms with van der Waals surface area (Å²) in [7, 11) is -4.02. The number of sulfone groups is 1. The molecule has 32 heavy (non-hydrogen) atoms. The summed E-state index contributed by atoms with van der Waals surface area (Å²) in [6, 6.07) is 13.4. The molecule has 4 rings (SSSR count). The summed E-state index contributed by atoms with van der Waals surface area (Å²) in [5, 5.41) is 2.27. The monoisotopic (exact) mass is 517 g/mol. The average Bonchev–Trinajstić information content (AvgIpc) is 2.77. The molecule has 0 bridgehead atoms. The Labute approximate surface area is 190 Å². The van der Waals surface area contributed by atoms with E-state index in [9.17, 15) is 27.2 Å². The number of esters is 1. The first-order valence-electron chi connectivity index (χ1n) is 9.13. The quantitative estimate of drug-likeness (QED) is 0.413. The van der Waals surface area contributed by atoms with Crippen LogP contribution in [0.3, 0.4) is 0 Å². The summed E-state index contributed by atoms with van der Waals surface area (Å²) in [6.45, 7) is -0.722. The minimum atomic E-state index is -4.02. The molecular weight excluding hydrogens is 505 g/mol. The van der Waals surface area contributed by atoms with Crippen LogP contribution in [-0.2, 0) is 19.4 Å². The number of benzene rings is 3. The van der Waals surface area contributed by atoms with Gasteiger partial charge in [-0.05, 0) is 48.5 Å². The van der Waals surface area contributed by atoms with Crippen molar-refractivity contribution in [3.63, 3.8) is 0 Å². The number of nitrogens with one attached hydrogen (secondary N) is 1. The molecule has 0 unspecified atom stereocenters. The zero-order valence-corrected chi connectivity index (χ0v) is 18.5. The molecular formula is C22H13BrFNO6S. The second kappa shape index (κ2) is 8.29. The zero-order valence-electron chi connectivity index (χ0n) is 16.1. The Morgan fingerprint density at radius 3 is 2.44 bits per heavy atom. The van der Waals surface area contributed by atoms with Gasteiger partial charge in [-0.3, -0.25) is 9.59 Å². The molecule has 1 amide bonds. The minimum absolute atomic E-state index is 0.0521. The lowest BCUT2D eigenvalue weighted by atomic mass is 10.0. The Balaban J connectivity index is 1.52. The topological polar surface area (TPSA) is 107 Å². The van der Waals surface area contributed by atoms with Crippen LogP contribution in [0, 0.1) is 5.82 Å². The second-order valence-corrected chi connectivity index (χ2v) is 9.59. The Morgan fingerprint density at radius 1 is 0.969 bits per heavy atom.